The largest absolute Gasteiger partial charge is 0.326 e. The zero-order valence-electron chi connectivity index (χ0n) is 10.4. The average Bonchev–Trinajstić information content (AvgIpc) is 2.39. The molecule has 2 unspecified atom stereocenters. The number of alkyl halides is 1. The fourth-order valence-electron chi connectivity index (χ4n) is 2.71. The van der Waals surface area contributed by atoms with Crippen LogP contribution in [0.25, 0.3) is 0 Å². The maximum absolute atomic E-state index is 15.1. The Morgan fingerprint density at radius 1 is 1.47 bits per heavy atom. The number of nitrogens with one attached hydrogen (secondary N) is 1. The number of benzene rings is 1. The van der Waals surface area contributed by atoms with Crippen molar-refractivity contribution in [1.29, 1.82) is 0 Å². The molecule has 0 saturated carbocycles. The van der Waals surface area contributed by atoms with Crippen LogP contribution < -0.4 is 11.1 Å². The van der Waals surface area contributed by atoms with E-state index in [2.05, 4.69) is 5.32 Å². The normalized spacial score (nSPS) is 24.3. The van der Waals surface area contributed by atoms with Gasteiger partial charge in [-0.15, -0.1) is 0 Å². The summed E-state index contributed by atoms with van der Waals surface area (Å²) in [6.45, 7) is 3.85. The summed E-state index contributed by atoms with van der Waals surface area (Å²) in [5.41, 5.74) is 6.09. The molecule has 0 aliphatic carbocycles. The molecular weight excluding hydrogens is 215 g/mol. The smallest absolute Gasteiger partial charge is 0.137 e. The third kappa shape index (κ3) is 2.50. The Bertz CT molecular complexity index is 370. The third-order valence-corrected chi connectivity index (χ3v) is 3.83. The highest BCUT2D eigenvalue weighted by molar-refractivity contribution is 5.32. The van der Waals surface area contributed by atoms with Gasteiger partial charge in [-0.1, -0.05) is 24.3 Å². The van der Waals surface area contributed by atoms with Crippen LogP contribution in [0.4, 0.5) is 4.39 Å². The van der Waals surface area contributed by atoms with Crippen LogP contribution in [0.5, 0.6) is 0 Å². The quantitative estimate of drug-likeness (QED) is 0.845. The van der Waals surface area contributed by atoms with E-state index in [4.69, 9.17) is 5.73 Å². The molecule has 2 atom stereocenters. The van der Waals surface area contributed by atoms with E-state index in [0.717, 1.165) is 37.1 Å². The molecule has 94 valence electrons. The second-order valence-corrected chi connectivity index (χ2v) is 4.98. The molecule has 3 heteroatoms. The molecule has 1 heterocycles. The van der Waals surface area contributed by atoms with Gasteiger partial charge in [0, 0.05) is 19.0 Å². The van der Waals surface area contributed by atoms with E-state index in [-0.39, 0.29) is 5.92 Å². The van der Waals surface area contributed by atoms with Gasteiger partial charge >= 0.3 is 0 Å². The molecule has 0 aromatic heterocycles. The van der Waals surface area contributed by atoms with Gasteiger partial charge in [0.1, 0.15) is 5.67 Å². The van der Waals surface area contributed by atoms with Crippen LogP contribution in [0, 0.1) is 5.92 Å². The maximum Gasteiger partial charge on any atom is 0.137 e. The summed E-state index contributed by atoms with van der Waals surface area (Å²) in [4.78, 5) is 0. The Balaban J connectivity index is 2.29. The highest BCUT2D eigenvalue weighted by Gasteiger charge is 2.37. The van der Waals surface area contributed by atoms with Crippen LogP contribution in [-0.2, 0) is 12.2 Å². The summed E-state index contributed by atoms with van der Waals surface area (Å²) < 4.78 is 15.1. The van der Waals surface area contributed by atoms with Crippen LogP contribution in [0.3, 0.4) is 0 Å². The maximum atomic E-state index is 15.1. The Kier molecular flexibility index (Phi) is 3.79. The van der Waals surface area contributed by atoms with Gasteiger partial charge in [-0.2, -0.15) is 0 Å². The zero-order valence-corrected chi connectivity index (χ0v) is 10.4. The van der Waals surface area contributed by atoms with Gasteiger partial charge in [0.25, 0.3) is 0 Å². The van der Waals surface area contributed by atoms with Crippen molar-refractivity contribution in [3.05, 3.63) is 35.4 Å². The van der Waals surface area contributed by atoms with E-state index in [0.29, 0.717) is 6.54 Å². The Hall–Kier alpha value is -0.930. The Morgan fingerprint density at radius 2 is 2.24 bits per heavy atom. The Morgan fingerprint density at radius 3 is 2.88 bits per heavy atom. The molecule has 1 aliphatic rings. The summed E-state index contributed by atoms with van der Waals surface area (Å²) in [5.74, 6) is 0.0453. The van der Waals surface area contributed by atoms with Crippen molar-refractivity contribution < 1.29 is 4.39 Å². The summed E-state index contributed by atoms with van der Waals surface area (Å²) in [6, 6.07) is 7.60. The number of hydrogen-bond acceptors (Lipinski definition) is 2. The van der Waals surface area contributed by atoms with E-state index in [9.17, 15) is 0 Å². The molecule has 2 nitrogen and oxygen atoms in total. The van der Waals surface area contributed by atoms with Crippen molar-refractivity contribution in [2.75, 3.05) is 13.1 Å². The van der Waals surface area contributed by atoms with Gasteiger partial charge in [0.15, 0.2) is 0 Å². The topological polar surface area (TPSA) is 38.0 Å². The minimum Gasteiger partial charge on any atom is -0.326 e. The van der Waals surface area contributed by atoms with Crippen molar-refractivity contribution >= 4 is 0 Å². The van der Waals surface area contributed by atoms with Gasteiger partial charge in [-0.3, -0.25) is 0 Å². The summed E-state index contributed by atoms with van der Waals surface area (Å²) in [6.07, 6.45) is 1.99. The van der Waals surface area contributed by atoms with E-state index in [1.807, 2.05) is 24.3 Å². The first kappa shape index (κ1) is 12.5. The summed E-state index contributed by atoms with van der Waals surface area (Å²) >= 11 is 0. The predicted octanol–water partition coefficient (Wildman–Crippen LogP) is 2.33. The molecule has 1 saturated heterocycles. The summed E-state index contributed by atoms with van der Waals surface area (Å²) in [7, 11) is 0. The highest BCUT2D eigenvalue weighted by Crippen LogP contribution is 2.38. The van der Waals surface area contributed by atoms with Crippen LogP contribution in [0.15, 0.2) is 24.3 Å². The zero-order chi connectivity index (χ0) is 12.3. The second-order valence-electron chi connectivity index (χ2n) is 4.98. The molecule has 0 amide bonds. The lowest BCUT2D eigenvalue weighted by atomic mass is 9.78. The van der Waals surface area contributed by atoms with Crippen LogP contribution in [0.2, 0.25) is 0 Å². The number of hydrogen-bond donors (Lipinski definition) is 2. The van der Waals surface area contributed by atoms with Gasteiger partial charge < -0.3 is 11.1 Å². The Labute approximate surface area is 102 Å². The second kappa shape index (κ2) is 5.15. The van der Waals surface area contributed by atoms with Gasteiger partial charge in [0.2, 0.25) is 0 Å². The first-order valence-electron chi connectivity index (χ1n) is 6.34. The standard InChI is InChI=1S/C14H21FN2/c1-14(15,12-6-4-8-17-10-12)13-7-3-2-5-11(13)9-16/h2-3,5,7,12,17H,4,6,8-10,16H2,1H3. The number of piperidine rings is 1. The fraction of sp³-hybridized carbons (Fsp3) is 0.571. The van der Waals surface area contributed by atoms with E-state index < -0.39 is 5.67 Å². The van der Waals surface area contributed by atoms with Crippen LogP contribution in [-0.4, -0.2) is 13.1 Å². The summed E-state index contributed by atoms with van der Waals surface area (Å²) in [5, 5.41) is 3.28. The number of rotatable bonds is 3. The van der Waals surface area contributed by atoms with Crippen molar-refractivity contribution in [2.45, 2.75) is 32.0 Å². The number of halogens is 1. The molecule has 17 heavy (non-hydrogen) atoms. The van der Waals surface area contributed by atoms with Crippen molar-refractivity contribution in [2.24, 2.45) is 11.7 Å². The van der Waals surface area contributed by atoms with E-state index in [1.165, 1.54) is 0 Å². The lowest BCUT2D eigenvalue weighted by Gasteiger charge is -2.35. The van der Waals surface area contributed by atoms with Crippen molar-refractivity contribution in [3.63, 3.8) is 0 Å². The van der Waals surface area contributed by atoms with E-state index in [1.54, 1.807) is 6.92 Å². The molecule has 1 aliphatic heterocycles. The predicted molar refractivity (Wildman–Crippen MR) is 68.4 cm³/mol. The molecule has 0 radical (unpaired) electrons. The lowest BCUT2D eigenvalue weighted by Crippen LogP contribution is -2.40. The molecule has 3 N–H and O–H groups in total. The molecule has 1 fully saturated rings. The fourth-order valence-corrected chi connectivity index (χ4v) is 2.71. The van der Waals surface area contributed by atoms with Crippen LogP contribution in [0.1, 0.15) is 30.9 Å². The number of nitrogens with two attached hydrogens (primary N) is 1. The molecule has 0 bridgehead atoms. The van der Waals surface area contributed by atoms with Crippen LogP contribution >= 0.6 is 0 Å². The van der Waals surface area contributed by atoms with Crippen molar-refractivity contribution in [3.8, 4) is 0 Å². The minimum atomic E-state index is -1.29. The molecular formula is C14H21FN2. The average molecular weight is 236 g/mol. The molecule has 1 aromatic carbocycles. The van der Waals surface area contributed by atoms with Crippen molar-refractivity contribution in [1.82, 2.24) is 5.32 Å². The highest BCUT2D eigenvalue weighted by atomic mass is 19.1. The minimum absolute atomic E-state index is 0.0453. The van der Waals surface area contributed by atoms with Gasteiger partial charge in [-0.05, 0) is 37.4 Å². The van der Waals surface area contributed by atoms with Gasteiger partial charge in [0.05, 0.1) is 0 Å². The molecule has 1 aromatic rings. The van der Waals surface area contributed by atoms with E-state index >= 15 is 4.39 Å². The van der Waals surface area contributed by atoms with Gasteiger partial charge in [-0.25, -0.2) is 4.39 Å². The SMILES string of the molecule is CC(F)(c1ccccc1CN)C1CCCNC1. The lowest BCUT2D eigenvalue weighted by molar-refractivity contribution is 0.0802. The first-order chi connectivity index (χ1) is 8.16. The third-order valence-electron chi connectivity index (χ3n) is 3.83. The monoisotopic (exact) mass is 236 g/mol. The first-order valence-corrected chi connectivity index (χ1v) is 6.34. The molecule has 2 rings (SSSR count). The molecule has 0 spiro atoms.